The maximum absolute atomic E-state index is 13.7. The lowest BCUT2D eigenvalue weighted by atomic mass is 9.78. The first-order chi connectivity index (χ1) is 14.8. The molecule has 4 rings (SSSR count). The molecule has 1 aromatic carbocycles. The van der Waals surface area contributed by atoms with Gasteiger partial charge in [-0.2, -0.15) is 0 Å². The minimum absolute atomic E-state index is 0.386. The van der Waals surface area contributed by atoms with E-state index in [0.717, 1.165) is 0 Å². The average Bonchev–Trinajstić information content (AvgIpc) is 3.34. The highest BCUT2D eigenvalue weighted by atomic mass is 16.5. The van der Waals surface area contributed by atoms with E-state index in [1.54, 1.807) is 24.3 Å². The van der Waals surface area contributed by atoms with Crippen LogP contribution < -0.4 is 9.64 Å². The van der Waals surface area contributed by atoms with Gasteiger partial charge in [0.05, 0.1) is 39.3 Å². The minimum atomic E-state index is -1.69. The van der Waals surface area contributed by atoms with Crippen LogP contribution in [0.25, 0.3) is 0 Å². The average molecular weight is 432 g/mol. The summed E-state index contributed by atoms with van der Waals surface area (Å²) in [5.41, 5.74) is -1.16. The number of carbonyl (C=O) groups is 4. The molecule has 0 bridgehead atoms. The Labute approximate surface area is 179 Å². The van der Waals surface area contributed by atoms with E-state index in [1.807, 2.05) is 0 Å². The predicted molar refractivity (Wildman–Crippen MR) is 105 cm³/mol. The first kappa shape index (κ1) is 21.1. The molecule has 3 saturated heterocycles. The van der Waals surface area contributed by atoms with Crippen molar-refractivity contribution in [3.8, 4) is 5.75 Å². The molecule has 1 aromatic rings. The van der Waals surface area contributed by atoms with Gasteiger partial charge in [-0.3, -0.25) is 14.4 Å². The third kappa shape index (κ3) is 2.54. The van der Waals surface area contributed by atoms with Gasteiger partial charge in [0.1, 0.15) is 11.7 Å². The van der Waals surface area contributed by atoms with Crippen LogP contribution >= 0.6 is 0 Å². The molecule has 0 unspecified atom stereocenters. The number of nitrogens with zero attached hydrogens (tertiary/aromatic N) is 2. The normalized spacial score (nSPS) is 33.5. The maximum Gasteiger partial charge on any atom is 0.332 e. The Hall–Kier alpha value is -3.14. The summed E-state index contributed by atoms with van der Waals surface area (Å²) in [6, 6.07) is 5.32. The Bertz CT molecular complexity index is 947. The van der Waals surface area contributed by atoms with Crippen molar-refractivity contribution in [1.29, 1.82) is 0 Å². The Morgan fingerprint density at radius 1 is 0.935 bits per heavy atom. The van der Waals surface area contributed by atoms with Crippen LogP contribution in [0.3, 0.4) is 0 Å². The highest BCUT2D eigenvalue weighted by Crippen LogP contribution is 2.55. The highest BCUT2D eigenvalue weighted by Gasteiger charge is 2.78. The van der Waals surface area contributed by atoms with Crippen LogP contribution in [0.4, 0.5) is 5.69 Å². The van der Waals surface area contributed by atoms with Crippen LogP contribution in [0.1, 0.15) is 6.92 Å². The van der Waals surface area contributed by atoms with Gasteiger partial charge in [-0.15, -0.1) is 0 Å². The molecule has 0 N–H and O–H groups in total. The van der Waals surface area contributed by atoms with Crippen LogP contribution in [0.2, 0.25) is 0 Å². The van der Waals surface area contributed by atoms with Crippen molar-refractivity contribution in [2.24, 2.45) is 11.8 Å². The van der Waals surface area contributed by atoms with Crippen LogP contribution in [-0.2, 0) is 33.4 Å². The largest absolute Gasteiger partial charge is 0.497 e. The number of benzene rings is 1. The summed E-state index contributed by atoms with van der Waals surface area (Å²) in [4.78, 5) is 55.5. The van der Waals surface area contributed by atoms with E-state index in [1.165, 1.54) is 45.2 Å². The van der Waals surface area contributed by atoms with E-state index in [-0.39, 0.29) is 5.91 Å². The predicted octanol–water partition coefficient (Wildman–Crippen LogP) is -0.0131. The smallest absolute Gasteiger partial charge is 0.332 e. The third-order valence-corrected chi connectivity index (χ3v) is 6.75. The lowest BCUT2D eigenvalue weighted by Crippen LogP contribution is -2.58. The molecule has 31 heavy (non-hydrogen) atoms. The van der Waals surface area contributed by atoms with Crippen molar-refractivity contribution in [3.63, 3.8) is 0 Å². The second-order valence-corrected chi connectivity index (χ2v) is 7.92. The molecule has 0 aromatic heterocycles. The zero-order chi connectivity index (χ0) is 22.7. The Balaban J connectivity index is 1.89. The number of hydrogen-bond donors (Lipinski definition) is 0. The van der Waals surface area contributed by atoms with Gasteiger partial charge in [0, 0.05) is 12.8 Å². The second-order valence-electron chi connectivity index (χ2n) is 7.92. The quantitative estimate of drug-likeness (QED) is 0.597. The Morgan fingerprint density at radius 2 is 1.58 bits per heavy atom. The lowest BCUT2D eigenvalue weighted by Gasteiger charge is -2.35. The van der Waals surface area contributed by atoms with E-state index < -0.39 is 53.4 Å². The summed E-state index contributed by atoms with van der Waals surface area (Å²) in [5, 5.41) is 0. The summed E-state index contributed by atoms with van der Waals surface area (Å²) in [6.45, 7) is 1.44. The molecule has 3 aliphatic heterocycles. The molecule has 10 nitrogen and oxygen atoms in total. The molecule has 0 spiro atoms. The number of carbonyl (C=O) groups excluding carboxylic acids is 4. The molecule has 3 aliphatic rings. The van der Waals surface area contributed by atoms with Crippen LogP contribution in [0, 0.1) is 11.8 Å². The lowest BCUT2D eigenvalue weighted by molar-refractivity contribution is -0.168. The number of rotatable bonds is 5. The molecule has 0 aliphatic carbocycles. The van der Waals surface area contributed by atoms with Crippen molar-refractivity contribution >= 4 is 29.4 Å². The van der Waals surface area contributed by atoms with Crippen LogP contribution in [0.5, 0.6) is 5.75 Å². The SMILES string of the molecule is COC(=O)[C@H]1[C@@H]2C(=O)N(c3ccc(OC)cc3)[C@H]3[C@@H]2N(C(=O)[C@@H]3OC)[C@]1(C)C(=O)OC. The number of ether oxygens (including phenoxy) is 4. The van der Waals surface area contributed by atoms with Crippen LogP contribution in [-0.4, -0.2) is 80.8 Å². The van der Waals surface area contributed by atoms with Gasteiger partial charge >= 0.3 is 11.9 Å². The van der Waals surface area contributed by atoms with Crippen molar-refractivity contribution in [2.75, 3.05) is 33.3 Å². The van der Waals surface area contributed by atoms with Gasteiger partial charge in [0.25, 0.3) is 5.91 Å². The molecule has 0 saturated carbocycles. The molecule has 0 radical (unpaired) electrons. The van der Waals surface area contributed by atoms with E-state index in [9.17, 15) is 19.2 Å². The number of hydrogen-bond acceptors (Lipinski definition) is 8. The minimum Gasteiger partial charge on any atom is -0.497 e. The summed E-state index contributed by atoms with van der Waals surface area (Å²) in [6.07, 6.45) is -0.997. The Morgan fingerprint density at radius 3 is 2.10 bits per heavy atom. The molecule has 6 atom stereocenters. The second kappa shape index (κ2) is 7.23. The van der Waals surface area contributed by atoms with Gasteiger partial charge in [-0.05, 0) is 31.2 Å². The molecule has 2 amide bonds. The molecule has 10 heteroatoms. The fourth-order valence-electron chi connectivity index (χ4n) is 5.47. The van der Waals surface area contributed by atoms with Gasteiger partial charge in [-0.1, -0.05) is 0 Å². The molecular weight excluding hydrogens is 408 g/mol. The first-order valence-electron chi connectivity index (χ1n) is 9.77. The van der Waals surface area contributed by atoms with Crippen molar-refractivity contribution < 1.29 is 38.1 Å². The van der Waals surface area contributed by atoms with Crippen molar-refractivity contribution in [3.05, 3.63) is 24.3 Å². The van der Waals surface area contributed by atoms with E-state index in [0.29, 0.717) is 11.4 Å². The summed E-state index contributed by atoms with van der Waals surface area (Å²) >= 11 is 0. The van der Waals surface area contributed by atoms with Gasteiger partial charge in [0.15, 0.2) is 11.6 Å². The Kier molecular flexibility index (Phi) is 4.92. The standard InChI is InChI=1S/C21H24N2O8/c1-21(20(27)31-5)13(19(26)30-4)12-14-15(16(29-3)18(25)23(14)21)22(17(12)24)10-6-8-11(28-2)9-7-10/h6-9,12-16H,1-5H3/t12-,13+,14+,15-,16+,21-/m0/s1. The number of anilines is 1. The molecule has 3 fully saturated rings. The van der Waals surface area contributed by atoms with Crippen molar-refractivity contribution in [1.82, 2.24) is 4.90 Å². The number of esters is 2. The summed E-state index contributed by atoms with van der Waals surface area (Å²) in [7, 11) is 5.26. The highest BCUT2D eigenvalue weighted by molar-refractivity contribution is 6.09. The van der Waals surface area contributed by atoms with Gasteiger partial charge in [0.2, 0.25) is 5.91 Å². The third-order valence-electron chi connectivity index (χ3n) is 6.75. The summed E-state index contributed by atoms with van der Waals surface area (Å²) < 4.78 is 20.6. The van der Waals surface area contributed by atoms with Crippen molar-refractivity contribution in [2.45, 2.75) is 30.7 Å². The zero-order valence-electron chi connectivity index (χ0n) is 17.9. The monoisotopic (exact) mass is 432 g/mol. The maximum atomic E-state index is 13.7. The van der Waals surface area contributed by atoms with E-state index in [2.05, 4.69) is 0 Å². The first-order valence-corrected chi connectivity index (χ1v) is 9.77. The zero-order valence-corrected chi connectivity index (χ0v) is 17.9. The van der Waals surface area contributed by atoms with E-state index in [4.69, 9.17) is 18.9 Å². The molecular formula is C21H24N2O8. The number of amides is 2. The summed E-state index contributed by atoms with van der Waals surface area (Å²) in [5.74, 6) is -3.99. The molecule has 166 valence electrons. The van der Waals surface area contributed by atoms with Gasteiger partial charge < -0.3 is 28.7 Å². The molecule has 3 heterocycles. The van der Waals surface area contributed by atoms with E-state index >= 15 is 0 Å². The fourth-order valence-corrected chi connectivity index (χ4v) is 5.47. The topological polar surface area (TPSA) is 112 Å². The fraction of sp³-hybridized carbons (Fsp3) is 0.524. The van der Waals surface area contributed by atoms with Crippen LogP contribution in [0.15, 0.2) is 24.3 Å². The van der Waals surface area contributed by atoms with Gasteiger partial charge in [-0.25, -0.2) is 4.79 Å². The number of methoxy groups -OCH3 is 4.